The first-order valence-corrected chi connectivity index (χ1v) is 6.57. The van der Waals surface area contributed by atoms with Crippen molar-refractivity contribution >= 4 is 0 Å². The highest BCUT2D eigenvalue weighted by molar-refractivity contribution is 5.30. The van der Waals surface area contributed by atoms with E-state index in [-0.39, 0.29) is 5.56 Å². The summed E-state index contributed by atoms with van der Waals surface area (Å²) in [6.45, 7) is 4.34. The van der Waals surface area contributed by atoms with Crippen molar-refractivity contribution in [1.82, 2.24) is 0 Å². The van der Waals surface area contributed by atoms with Gasteiger partial charge in [0.2, 0.25) is 0 Å². The van der Waals surface area contributed by atoms with Crippen LogP contribution in [0.3, 0.4) is 0 Å². The van der Waals surface area contributed by atoms with Crippen molar-refractivity contribution in [2.75, 3.05) is 0 Å². The second kappa shape index (κ2) is 5.96. The van der Waals surface area contributed by atoms with Crippen LogP contribution in [0.1, 0.15) is 30.5 Å². The molecule has 0 nitrogen and oxygen atoms in total. The Labute approximate surface area is 113 Å². The van der Waals surface area contributed by atoms with Crippen molar-refractivity contribution in [2.24, 2.45) is 5.92 Å². The van der Waals surface area contributed by atoms with Gasteiger partial charge in [-0.1, -0.05) is 44.2 Å². The van der Waals surface area contributed by atoms with Crippen LogP contribution >= 0.6 is 0 Å². The lowest BCUT2D eigenvalue weighted by atomic mass is 9.99. The van der Waals surface area contributed by atoms with Crippen LogP contribution in [0, 0.1) is 17.6 Å². The molecule has 0 fully saturated rings. The molecule has 0 spiro atoms. The maximum atomic E-state index is 13.5. The first-order valence-electron chi connectivity index (χ1n) is 6.57. The van der Waals surface area contributed by atoms with Gasteiger partial charge in [0.05, 0.1) is 0 Å². The van der Waals surface area contributed by atoms with Crippen LogP contribution in [0.25, 0.3) is 0 Å². The molecule has 0 N–H and O–H groups in total. The average molecular weight is 260 g/mol. The molecule has 0 atom stereocenters. The van der Waals surface area contributed by atoms with Crippen LogP contribution in [0.2, 0.25) is 0 Å². The Morgan fingerprint density at radius 2 is 1.37 bits per heavy atom. The predicted octanol–water partition coefficient (Wildman–Crippen LogP) is 4.75. The van der Waals surface area contributed by atoms with E-state index in [9.17, 15) is 8.78 Å². The number of hydrogen-bond acceptors (Lipinski definition) is 0. The summed E-state index contributed by atoms with van der Waals surface area (Å²) in [6.07, 6.45) is 1.31. The zero-order chi connectivity index (χ0) is 13.8. The van der Waals surface area contributed by atoms with Crippen LogP contribution in [0.4, 0.5) is 8.78 Å². The largest absolute Gasteiger partial charge is 0.207 e. The van der Waals surface area contributed by atoms with Crippen molar-refractivity contribution in [2.45, 2.75) is 26.7 Å². The van der Waals surface area contributed by atoms with Crippen molar-refractivity contribution in [3.8, 4) is 0 Å². The van der Waals surface area contributed by atoms with Gasteiger partial charge in [0.1, 0.15) is 11.6 Å². The van der Waals surface area contributed by atoms with Crippen LogP contribution in [-0.2, 0) is 12.8 Å². The van der Waals surface area contributed by atoms with Gasteiger partial charge in [-0.25, -0.2) is 8.78 Å². The van der Waals surface area contributed by atoms with Gasteiger partial charge in [0, 0.05) is 12.0 Å². The smallest absolute Gasteiger partial charge is 0.129 e. The highest BCUT2D eigenvalue weighted by Crippen LogP contribution is 2.18. The van der Waals surface area contributed by atoms with E-state index in [1.54, 1.807) is 0 Å². The zero-order valence-corrected chi connectivity index (χ0v) is 11.3. The molecule has 0 radical (unpaired) electrons. The number of rotatable bonds is 4. The molecule has 0 saturated carbocycles. The summed E-state index contributed by atoms with van der Waals surface area (Å²) in [6, 6.07) is 12.0. The Morgan fingerprint density at radius 1 is 0.842 bits per heavy atom. The van der Waals surface area contributed by atoms with Gasteiger partial charge in [0.15, 0.2) is 0 Å². The fourth-order valence-electron chi connectivity index (χ4n) is 2.17. The number of hydrogen-bond donors (Lipinski definition) is 0. The molecule has 0 heterocycles. The Kier molecular flexibility index (Phi) is 4.31. The Bertz CT molecular complexity index is 521. The monoisotopic (exact) mass is 260 g/mol. The van der Waals surface area contributed by atoms with Crippen molar-refractivity contribution in [1.29, 1.82) is 0 Å². The Morgan fingerprint density at radius 3 is 1.89 bits per heavy atom. The molecule has 0 amide bonds. The van der Waals surface area contributed by atoms with E-state index in [1.165, 1.54) is 23.8 Å². The Balaban J connectivity index is 2.15. The standard InChI is InChI=1S/C17H18F2/c1-12(2)10-13-6-8-14(9-7-13)11-15-16(18)4-3-5-17(15)19/h3-9,12H,10-11H2,1-2H3. The van der Waals surface area contributed by atoms with Gasteiger partial charge in [0.25, 0.3) is 0 Å². The minimum Gasteiger partial charge on any atom is -0.207 e. The summed E-state index contributed by atoms with van der Waals surface area (Å²) < 4.78 is 27.1. The maximum Gasteiger partial charge on any atom is 0.129 e. The fourth-order valence-corrected chi connectivity index (χ4v) is 2.17. The number of benzene rings is 2. The molecule has 0 bridgehead atoms. The minimum atomic E-state index is -0.480. The second-order valence-corrected chi connectivity index (χ2v) is 5.29. The van der Waals surface area contributed by atoms with E-state index < -0.39 is 11.6 Å². The van der Waals surface area contributed by atoms with Gasteiger partial charge in [-0.05, 0) is 35.6 Å². The predicted molar refractivity (Wildman–Crippen MR) is 74.1 cm³/mol. The van der Waals surface area contributed by atoms with Crippen LogP contribution in [0.15, 0.2) is 42.5 Å². The third-order valence-corrected chi connectivity index (χ3v) is 3.11. The van der Waals surface area contributed by atoms with Crippen molar-refractivity contribution in [3.63, 3.8) is 0 Å². The van der Waals surface area contributed by atoms with Crippen LogP contribution < -0.4 is 0 Å². The average Bonchev–Trinajstić information content (AvgIpc) is 2.35. The van der Waals surface area contributed by atoms with E-state index in [0.29, 0.717) is 12.3 Å². The zero-order valence-electron chi connectivity index (χ0n) is 11.3. The van der Waals surface area contributed by atoms with E-state index in [0.717, 1.165) is 12.0 Å². The summed E-state index contributed by atoms with van der Waals surface area (Å²) in [5, 5.41) is 0. The third-order valence-electron chi connectivity index (χ3n) is 3.11. The summed E-state index contributed by atoms with van der Waals surface area (Å²) in [5.41, 5.74) is 2.32. The molecule has 100 valence electrons. The molecule has 2 aromatic rings. The van der Waals surface area contributed by atoms with Gasteiger partial charge in [-0.3, -0.25) is 0 Å². The normalized spacial score (nSPS) is 11.0. The molecule has 0 aliphatic carbocycles. The molecule has 2 aromatic carbocycles. The Hall–Kier alpha value is -1.70. The van der Waals surface area contributed by atoms with Gasteiger partial charge in [-0.2, -0.15) is 0 Å². The molecule has 2 heteroatoms. The molecular weight excluding hydrogens is 242 g/mol. The van der Waals surface area contributed by atoms with Gasteiger partial charge >= 0.3 is 0 Å². The first-order chi connectivity index (χ1) is 9.06. The van der Waals surface area contributed by atoms with E-state index in [4.69, 9.17) is 0 Å². The molecule has 0 aliphatic heterocycles. The lowest BCUT2D eigenvalue weighted by molar-refractivity contribution is 0.561. The van der Waals surface area contributed by atoms with Crippen LogP contribution in [-0.4, -0.2) is 0 Å². The third kappa shape index (κ3) is 3.63. The molecule has 0 unspecified atom stereocenters. The van der Waals surface area contributed by atoms with E-state index >= 15 is 0 Å². The van der Waals surface area contributed by atoms with Crippen molar-refractivity contribution in [3.05, 3.63) is 70.8 Å². The lowest BCUT2D eigenvalue weighted by Crippen LogP contribution is -1.98. The van der Waals surface area contributed by atoms with Crippen molar-refractivity contribution < 1.29 is 8.78 Å². The first kappa shape index (κ1) is 13.7. The molecular formula is C17H18F2. The molecule has 2 rings (SSSR count). The molecule has 0 aliphatic rings. The maximum absolute atomic E-state index is 13.5. The van der Waals surface area contributed by atoms with E-state index in [2.05, 4.69) is 13.8 Å². The van der Waals surface area contributed by atoms with Gasteiger partial charge in [-0.15, -0.1) is 0 Å². The van der Waals surface area contributed by atoms with E-state index in [1.807, 2.05) is 24.3 Å². The molecule has 0 aromatic heterocycles. The summed E-state index contributed by atoms with van der Waals surface area (Å²) in [4.78, 5) is 0. The number of halogens is 2. The molecule has 19 heavy (non-hydrogen) atoms. The lowest BCUT2D eigenvalue weighted by Gasteiger charge is -2.08. The highest BCUT2D eigenvalue weighted by Gasteiger charge is 2.09. The van der Waals surface area contributed by atoms with Crippen LogP contribution in [0.5, 0.6) is 0 Å². The SMILES string of the molecule is CC(C)Cc1ccc(Cc2c(F)cccc2F)cc1. The highest BCUT2D eigenvalue weighted by atomic mass is 19.1. The molecule has 0 saturated heterocycles. The van der Waals surface area contributed by atoms with Gasteiger partial charge < -0.3 is 0 Å². The fraction of sp³-hybridized carbons (Fsp3) is 0.294. The second-order valence-electron chi connectivity index (χ2n) is 5.29. The summed E-state index contributed by atoms with van der Waals surface area (Å²) in [7, 11) is 0. The summed E-state index contributed by atoms with van der Waals surface area (Å²) in [5.74, 6) is -0.354. The minimum absolute atomic E-state index is 0.138. The topological polar surface area (TPSA) is 0 Å². The quantitative estimate of drug-likeness (QED) is 0.744. The summed E-state index contributed by atoms with van der Waals surface area (Å²) >= 11 is 0.